The van der Waals surface area contributed by atoms with E-state index < -0.39 is 5.60 Å². The summed E-state index contributed by atoms with van der Waals surface area (Å²) in [5.74, 6) is 0. The van der Waals surface area contributed by atoms with Gasteiger partial charge in [-0.1, -0.05) is 15.9 Å². The Hall–Kier alpha value is -1.74. The predicted octanol–water partition coefficient (Wildman–Crippen LogP) is 3.38. The predicted molar refractivity (Wildman–Crippen MR) is 88.9 cm³/mol. The molecule has 1 aliphatic heterocycles. The second-order valence-corrected chi connectivity index (χ2v) is 7.14. The van der Waals surface area contributed by atoms with Gasteiger partial charge in [0.25, 0.3) is 0 Å². The van der Waals surface area contributed by atoms with Gasteiger partial charge in [0.15, 0.2) is 0 Å². The van der Waals surface area contributed by atoms with Gasteiger partial charge >= 0.3 is 6.09 Å². The number of benzene rings is 1. The number of hydrogen-bond acceptors (Lipinski definition) is 4. The molecule has 1 heterocycles. The molecule has 0 saturated carbocycles. The SMILES string of the molecule is CC(C)(C)OC(=O)N1CCN(c2cc(Br)ccc2C#N)CC1. The standard InChI is InChI=1S/C16H20BrN3O2/c1-16(2,3)22-15(21)20-8-6-19(7-9-20)14-10-13(17)5-4-12(14)11-18/h4-5,10H,6-9H2,1-3H3. The second-order valence-electron chi connectivity index (χ2n) is 6.23. The van der Waals surface area contributed by atoms with Gasteiger partial charge in [-0.3, -0.25) is 0 Å². The van der Waals surface area contributed by atoms with Crippen LogP contribution in [0.15, 0.2) is 22.7 Å². The fraction of sp³-hybridized carbons (Fsp3) is 0.500. The van der Waals surface area contributed by atoms with E-state index in [-0.39, 0.29) is 6.09 Å². The summed E-state index contributed by atoms with van der Waals surface area (Å²) in [5.41, 5.74) is 1.07. The molecule has 0 aromatic heterocycles. The van der Waals surface area contributed by atoms with Crippen molar-refractivity contribution in [1.29, 1.82) is 5.26 Å². The molecule has 1 saturated heterocycles. The molecule has 0 bridgehead atoms. The molecule has 22 heavy (non-hydrogen) atoms. The van der Waals surface area contributed by atoms with E-state index in [1.165, 1.54) is 0 Å². The molecule has 0 spiro atoms. The van der Waals surface area contributed by atoms with Crippen LogP contribution in [0.2, 0.25) is 0 Å². The number of anilines is 1. The minimum atomic E-state index is -0.480. The third-order valence-electron chi connectivity index (χ3n) is 3.35. The van der Waals surface area contributed by atoms with Crippen molar-refractivity contribution in [3.8, 4) is 6.07 Å². The number of ether oxygens (including phenoxy) is 1. The van der Waals surface area contributed by atoms with Crippen LogP contribution in [0.4, 0.5) is 10.5 Å². The molecule has 0 unspecified atom stereocenters. The summed E-state index contributed by atoms with van der Waals surface area (Å²) in [7, 11) is 0. The van der Waals surface area contributed by atoms with Crippen LogP contribution >= 0.6 is 15.9 Å². The smallest absolute Gasteiger partial charge is 0.410 e. The highest BCUT2D eigenvalue weighted by atomic mass is 79.9. The molecule has 0 aliphatic carbocycles. The molecule has 0 N–H and O–H groups in total. The zero-order valence-electron chi connectivity index (χ0n) is 13.1. The van der Waals surface area contributed by atoms with Gasteiger partial charge in [-0.2, -0.15) is 5.26 Å². The molecule has 6 heteroatoms. The molecule has 2 rings (SSSR count). The van der Waals surface area contributed by atoms with Gasteiger partial charge in [-0.25, -0.2) is 4.79 Å². The Morgan fingerprint density at radius 1 is 1.27 bits per heavy atom. The Kier molecular flexibility index (Phi) is 4.97. The number of rotatable bonds is 1. The summed E-state index contributed by atoms with van der Waals surface area (Å²) in [5, 5.41) is 9.23. The van der Waals surface area contributed by atoms with E-state index in [1.54, 1.807) is 11.0 Å². The number of piperazine rings is 1. The average Bonchev–Trinajstić information content (AvgIpc) is 2.45. The fourth-order valence-electron chi connectivity index (χ4n) is 2.32. The monoisotopic (exact) mass is 365 g/mol. The van der Waals surface area contributed by atoms with E-state index in [0.29, 0.717) is 31.7 Å². The number of amides is 1. The molecule has 1 fully saturated rings. The number of hydrogen-bond donors (Lipinski definition) is 0. The minimum Gasteiger partial charge on any atom is -0.444 e. The maximum atomic E-state index is 12.1. The van der Waals surface area contributed by atoms with Crippen molar-refractivity contribution in [3.63, 3.8) is 0 Å². The van der Waals surface area contributed by atoms with E-state index in [2.05, 4.69) is 26.9 Å². The van der Waals surface area contributed by atoms with Crippen LogP contribution in [0.3, 0.4) is 0 Å². The number of nitrogens with zero attached hydrogens (tertiary/aromatic N) is 3. The van der Waals surface area contributed by atoms with Crippen LogP contribution in [0.25, 0.3) is 0 Å². The lowest BCUT2D eigenvalue weighted by molar-refractivity contribution is 0.0240. The zero-order chi connectivity index (χ0) is 16.3. The molecule has 0 radical (unpaired) electrons. The van der Waals surface area contributed by atoms with E-state index in [1.807, 2.05) is 32.9 Å². The van der Waals surface area contributed by atoms with Crippen LogP contribution in [0.1, 0.15) is 26.3 Å². The number of halogens is 1. The van der Waals surface area contributed by atoms with Crippen molar-refractivity contribution >= 4 is 27.7 Å². The second kappa shape index (κ2) is 6.57. The van der Waals surface area contributed by atoms with Crippen LogP contribution in [0, 0.1) is 11.3 Å². The summed E-state index contributed by atoms with van der Waals surface area (Å²) in [6.07, 6.45) is -0.276. The van der Waals surface area contributed by atoms with Gasteiger partial charge in [0.05, 0.1) is 11.3 Å². The van der Waals surface area contributed by atoms with Gasteiger partial charge in [-0.15, -0.1) is 0 Å². The van der Waals surface area contributed by atoms with Crippen molar-refractivity contribution in [2.75, 3.05) is 31.1 Å². The third kappa shape index (κ3) is 4.14. The summed E-state index contributed by atoms with van der Waals surface area (Å²) in [6.45, 7) is 8.14. The summed E-state index contributed by atoms with van der Waals surface area (Å²) < 4.78 is 6.33. The quantitative estimate of drug-likeness (QED) is 0.765. The van der Waals surface area contributed by atoms with E-state index >= 15 is 0 Å². The van der Waals surface area contributed by atoms with Crippen molar-refractivity contribution in [2.24, 2.45) is 0 Å². The number of carbonyl (C=O) groups is 1. The van der Waals surface area contributed by atoms with Gasteiger partial charge in [0.1, 0.15) is 11.7 Å². The zero-order valence-corrected chi connectivity index (χ0v) is 14.7. The average molecular weight is 366 g/mol. The molecule has 1 aromatic rings. The van der Waals surface area contributed by atoms with Gasteiger partial charge < -0.3 is 14.5 Å². The molecule has 1 amide bonds. The van der Waals surface area contributed by atoms with Crippen molar-refractivity contribution in [2.45, 2.75) is 26.4 Å². The van der Waals surface area contributed by atoms with Crippen LogP contribution in [-0.2, 0) is 4.74 Å². The van der Waals surface area contributed by atoms with Crippen LogP contribution in [-0.4, -0.2) is 42.8 Å². The first-order chi connectivity index (χ1) is 10.3. The Morgan fingerprint density at radius 3 is 2.45 bits per heavy atom. The maximum Gasteiger partial charge on any atom is 0.410 e. The maximum absolute atomic E-state index is 12.1. The first kappa shape index (κ1) is 16.6. The highest BCUT2D eigenvalue weighted by molar-refractivity contribution is 9.10. The molecule has 5 nitrogen and oxygen atoms in total. The van der Waals surface area contributed by atoms with Crippen molar-refractivity contribution < 1.29 is 9.53 Å². The Balaban J connectivity index is 2.02. The first-order valence-corrected chi connectivity index (χ1v) is 8.02. The third-order valence-corrected chi connectivity index (χ3v) is 3.85. The Labute approximate surface area is 139 Å². The highest BCUT2D eigenvalue weighted by Gasteiger charge is 2.26. The molecule has 118 valence electrons. The van der Waals surface area contributed by atoms with Gasteiger partial charge in [0.2, 0.25) is 0 Å². The normalized spacial score (nSPS) is 15.4. The topological polar surface area (TPSA) is 56.6 Å². The lowest BCUT2D eigenvalue weighted by Crippen LogP contribution is -2.50. The van der Waals surface area contributed by atoms with Gasteiger partial charge in [-0.05, 0) is 39.0 Å². The number of carbonyl (C=O) groups excluding carboxylic acids is 1. The van der Waals surface area contributed by atoms with E-state index in [9.17, 15) is 10.1 Å². The minimum absolute atomic E-state index is 0.276. The van der Waals surface area contributed by atoms with Crippen LogP contribution < -0.4 is 4.90 Å². The molecular formula is C16H20BrN3O2. The Morgan fingerprint density at radius 2 is 1.91 bits per heavy atom. The lowest BCUT2D eigenvalue weighted by atomic mass is 10.1. The molecular weight excluding hydrogens is 346 g/mol. The summed E-state index contributed by atoms with van der Waals surface area (Å²) >= 11 is 3.44. The van der Waals surface area contributed by atoms with E-state index in [4.69, 9.17) is 4.74 Å². The van der Waals surface area contributed by atoms with E-state index in [0.717, 1.165) is 10.2 Å². The molecule has 1 aromatic carbocycles. The highest BCUT2D eigenvalue weighted by Crippen LogP contribution is 2.26. The fourth-order valence-corrected chi connectivity index (χ4v) is 2.67. The Bertz CT molecular complexity index is 596. The number of nitriles is 1. The molecule has 1 aliphatic rings. The largest absolute Gasteiger partial charge is 0.444 e. The van der Waals surface area contributed by atoms with Crippen molar-refractivity contribution in [1.82, 2.24) is 4.90 Å². The summed E-state index contributed by atoms with van der Waals surface area (Å²) in [4.78, 5) is 15.9. The van der Waals surface area contributed by atoms with Crippen molar-refractivity contribution in [3.05, 3.63) is 28.2 Å². The van der Waals surface area contributed by atoms with Crippen LogP contribution in [0.5, 0.6) is 0 Å². The van der Waals surface area contributed by atoms with Gasteiger partial charge in [0, 0.05) is 30.7 Å². The lowest BCUT2D eigenvalue weighted by Gasteiger charge is -2.37. The summed E-state index contributed by atoms with van der Waals surface area (Å²) in [6, 6.07) is 7.83. The molecule has 0 atom stereocenters. The first-order valence-electron chi connectivity index (χ1n) is 7.23.